The molecule has 3 heterocycles. The molecule has 0 unspecified atom stereocenters. The fourth-order valence-electron chi connectivity index (χ4n) is 1.73. The molecule has 22 heavy (non-hydrogen) atoms. The Morgan fingerprint density at radius 2 is 2.05 bits per heavy atom. The number of hydrogen-bond donors (Lipinski definition) is 2. The zero-order chi connectivity index (χ0) is 15.4. The van der Waals surface area contributed by atoms with E-state index in [0.29, 0.717) is 16.0 Å². The van der Waals surface area contributed by atoms with Crippen LogP contribution in [0.4, 0.5) is 16.1 Å². The van der Waals surface area contributed by atoms with E-state index in [2.05, 4.69) is 25.6 Å². The van der Waals surface area contributed by atoms with Crippen LogP contribution < -0.4 is 10.6 Å². The number of anilines is 3. The van der Waals surface area contributed by atoms with Crippen LogP contribution in [0.25, 0.3) is 0 Å². The van der Waals surface area contributed by atoms with E-state index in [1.807, 2.05) is 35.9 Å². The molecule has 0 saturated carbocycles. The molecule has 0 saturated heterocycles. The maximum atomic E-state index is 11.9. The molecule has 0 aliphatic heterocycles. The van der Waals surface area contributed by atoms with Gasteiger partial charge in [0.1, 0.15) is 5.82 Å². The van der Waals surface area contributed by atoms with Gasteiger partial charge in [-0.15, -0.1) is 22.7 Å². The standard InChI is InChI=1S/C14H13N5OS2/c1-9-7-21-13(16-9)19-12(20)6-10-8-22-14(17-10)18-11-4-2-3-5-15-11/h2-5,7-8H,6H2,1H3,(H,15,17,18)(H,16,19,20). The Morgan fingerprint density at radius 1 is 1.18 bits per heavy atom. The molecule has 0 aliphatic carbocycles. The zero-order valence-electron chi connectivity index (χ0n) is 11.7. The minimum atomic E-state index is -0.121. The molecule has 8 heteroatoms. The third-order valence-electron chi connectivity index (χ3n) is 2.66. The minimum absolute atomic E-state index is 0.121. The average Bonchev–Trinajstić information content (AvgIpc) is 3.09. The summed E-state index contributed by atoms with van der Waals surface area (Å²) in [5, 5.41) is 11.0. The molecule has 0 radical (unpaired) electrons. The van der Waals surface area contributed by atoms with E-state index in [0.717, 1.165) is 11.5 Å². The number of nitrogens with one attached hydrogen (secondary N) is 2. The molecule has 112 valence electrons. The summed E-state index contributed by atoms with van der Waals surface area (Å²) in [7, 11) is 0. The van der Waals surface area contributed by atoms with E-state index in [-0.39, 0.29) is 12.3 Å². The lowest BCUT2D eigenvalue weighted by atomic mass is 10.3. The predicted molar refractivity (Wildman–Crippen MR) is 88.8 cm³/mol. The lowest BCUT2D eigenvalue weighted by Gasteiger charge is -2.00. The van der Waals surface area contributed by atoms with Crippen molar-refractivity contribution < 1.29 is 4.79 Å². The highest BCUT2D eigenvalue weighted by Crippen LogP contribution is 2.20. The number of carbonyl (C=O) groups excluding carboxylic acids is 1. The summed E-state index contributed by atoms with van der Waals surface area (Å²) in [6.07, 6.45) is 1.93. The highest BCUT2D eigenvalue weighted by atomic mass is 32.1. The zero-order valence-corrected chi connectivity index (χ0v) is 13.4. The number of thiazole rings is 2. The largest absolute Gasteiger partial charge is 0.316 e. The molecule has 0 bridgehead atoms. The summed E-state index contributed by atoms with van der Waals surface area (Å²) in [5.74, 6) is 0.607. The Balaban J connectivity index is 1.58. The SMILES string of the molecule is Cc1csc(NC(=O)Cc2csc(Nc3ccccn3)n2)n1. The molecule has 2 N–H and O–H groups in total. The van der Waals surface area contributed by atoms with E-state index < -0.39 is 0 Å². The topological polar surface area (TPSA) is 79.8 Å². The normalized spacial score (nSPS) is 10.4. The molecule has 3 aromatic rings. The lowest BCUT2D eigenvalue weighted by Crippen LogP contribution is -2.14. The molecule has 3 aromatic heterocycles. The summed E-state index contributed by atoms with van der Waals surface area (Å²) in [6, 6.07) is 5.61. The fourth-order valence-corrected chi connectivity index (χ4v) is 3.15. The Hall–Kier alpha value is -2.32. The van der Waals surface area contributed by atoms with Crippen molar-refractivity contribution in [1.29, 1.82) is 0 Å². The Morgan fingerprint density at radius 3 is 2.77 bits per heavy atom. The number of carbonyl (C=O) groups is 1. The highest BCUT2D eigenvalue weighted by molar-refractivity contribution is 7.14. The molecule has 0 fully saturated rings. The smallest absolute Gasteiger partial charge is 0.232 e. The molecule has 0 spiro atoms. The lowest BCUT2D eigenvalue weighted by molar-refractivity contribution is -0.115. The van der Waals surface area contributed by atoms with E-state index >= 15 is 0 Å². The maximum Gasteiger partial charge on any atom is 0.232 e. The number of aryl methyl sites for hydroxylation is 1. The van der Waals surface area contributed by atoms with Crippen molar-refractivity contribution in [1.82, 2.24) is 15.0 Å². The summed E-state index contributed by atoms with van der Waals surface area (Å²) in [4.78, 5) is 24.7. The monoisotopic (exact) mass is 331 g/mol. The highest BCUT2D eigenvalue weighted by Gasteiger charge is 2.10. The summed E-state index contributed by atoms with van der Waals surface area (Å²) < 4.78 is 0. The first-order valence-electron chi connectivity index (χ1n) is 6.53. The minimum Gasteiger partial charge on any atom is -0.316 e. The van der Waals surface area contributed by atoms with Crippen molar-refractivity contribution in [2.24, 2.45) is 0 Å². The van der Waals surface area contributed by atoms with Crippen molar-refractivity contribution in [3.8, 4) is 0 Å². The van der Waals surface area contributed by atoms with Crippen molar-refractivity contribution in [3.05, 3.63) is 46.5 Å². The van der Waals surface area contributed by atoms with Crippen LogP contribution in [-0.4, -0.2) is 20.9 Å². The number of nitrogens with zero attached hydrogens (tertiary/aromatic N) is 3. The van der Waals surface area contributed by atoms with Gasteiger partial charge in [-0.25, -0.2) is 15.0 Å². The Bertz CT molecular complexity index is 768. The molecule has 1 amide bonds. The van der Waals surface area contributed by atoms with Gasteiger partial charge in [0.2, 0.25) is 5.91 Å². The van der Waals surface area contributed by atoms with Gasteiger partial charge < -0.3 is 10.6 Å². The van der Waals surface area contributed by atoms with Crippen molar-refractivity contribution in [3.63, 3.8) is 0 Å². The van der Waals surface area contributed by atoms with Crippen LogP contribution >= 0.6 is 22.7 Å². The van der Waals surface area contributed by atoms with Crippen LogP contribution in [0, 0.1) is 6.92 Å². The average molecular weight is 331 g/mol. The second-order valence-electron chi connectivity index (χ2n) is 4.50. The van der Waals surface area contributed by atoms with Crippen LogP contribution in [0.5, 0.6) is 0 Å². The first-order valence-corrected chi connectivity index (χ1v) is 8.29. The first kappa shape index (κ1) is 14.6. The molecule has 0 atom stereocenters. The number of amides is 1. The van der Waals surface area contributed by atoms with Crippen molar-refractivity contribution in [2.45, 2.75) is 13.3 Å². The van der Waals surface area contributed by atoms with E-state index in [1.165, 1.54) is 22.7 Å². The molecule has 6 nitrogen and oxygen atoms in total. The number of pyridine rings is 1. The third kappa shape index (κ3) is 3.86. The number of aromatic nitrogens is 3. The van der Waals surface area contributed by atoms with Crippen LogP contribution in [0.3, 0.4) is 0 Å². The molecule has 0 aliphatic rings. The van der Waals surface area contributed by atoms with E-state index in [1.54, 1.807) is 6.20 Å². The Labute approximate surface area is 135 Å². The van der Waals surface area contributed by atoms with Gasteiger partial charge in [0.15, 0.2) is 10.3 Å². The second-order valence-corrected chi connectivity index (χ2v) is 6.22. The Kier molecular flexibility index (Phi) is 4.40. The summed E-state index contributed by atoms with van der Waals surface area (Å²) in [6.45, 7) is 1.89. The quantitative estimate of drug-likeness (QED) is 0.750. The van der Waals surface area contributed by atoms with Gasteiger partial charge in [0.05, 0.1) is 17.8 Å². The molecule has 0 aromatic carbocycles. The van der Waals surface area contributed by atoms with Gasteiger partial charge >= 0.3 is 0 Å². The molecular formula is C14H13N5OS2. The fraction of sp³-hybridized carbons (Fsp3) is 0.143. The number of hydrogen-bond acceptors (Lipinski definition) is 7. The van der Waals surface area contributed by atoms with Crippen molar-refractivity contribution >= 4 is 44.7 Å². The summed E-state index contributed by atoms with van der Waals surface area (Å²) >= 11 is 2.86. The van der Waals surface area contributed by atoms with Gasteiger partial charge in [-0.05, 0) is 19.1 Å². The predicted octanol–water partition coefficient (Wildman–Crippen LogP) is 3.23. The van der Waals surface area contributed by atoms with Crippen molar-refractivity contribution in [2.75, 3.05) is 10.6 Å². The van der Waals surface area contributed by atoms with Crippen LogP contribution in [0.1, 0.15) is 11.4 Å². The van der Waals surface area contributed by atoms with Crippen LogP contribution in [0.2, 0.25) is 0 Å². The van der Waals surface area contributed by atoms with Crippen LogP contribution in [0.15, 0.2) is 35.2 Å². The van der Waals surface area contributed by atoms with E-state index in [4.69, 9.17) is 0 Å². The molecular weight excluding hydrogens is 318 g/mol. The maximum absolute atomic E-state index is 11.9. The van der Waals surface area contributed by atoms with Gasteiger partial charge in [-0.3, -0.25) is 4.79 Å². The van der Waals surface area contributed by atoms with Gasteiger partial charge in [0, 0.05) is 17.0 Å². The van der Waals surface area contributed by atoms with Gasteiger partial charge in [0.25, 0.3) is 0 Å². The van der Waals surface area contributed by atoms with E-state index in [9.17, 15) is 4.79 Å². The molecule has 3 rings (SSSR count). The van der Waals surface area contributed by atoms with Gasteiger partial charge in [-0.2, -0.15) is 0 Å². The summed E-state index contributed by atoms with van der Waals surface area (Å²) in [5.41, 5.74) is 1.62. The second kappa shape index (κ2) is 6.63. The first-order chi connectivity index (χ1) is 10.7. The van der Waals surface area contributed by atoms with Gasteiger partial charge in [-0.1, -0.05) is 6.07 Å². The number of rotatable bonds is 5. The van der Waals surface area contributed by atoms with Crippen LogP contribution in [-0.2, 0) is 11.2 Å². The third-order valence-corrected chi connectivity index (χ3v) is 4.34.